The van der Waals surface area contributed by atoms with Crippen molar-refractivity contribution in [3.8, 4) is 23.0 Å². The molecule has 2 aliphatic rings. The number of fused-ring (bicyclic) bond motifs is 12. The van der Waals surface area contributed by atoms with E-state index in [4.69, 9.17) is 66.4 Å². The summed E-state index contributed by atoms with van der Waals surface area (Å²) in [6.45, 7) is 27.5. The number of nitrogens with one attached hydrogen (secondary N) is 4. The summed E-state index contributed by atoms with van der Waals surface area (Å²) in [4.78, 5) is 19.2. The molecular weight excluding hydrogens is 1590 g/mol. The number of rotatable bonds is 0. The van der Waals surface area contributed by atoms with Gasteiger partial charge in [-0.1, -0.05) is 132 Å². The first-order valence-corrected chi connectivity index (χ1v) is 31.9. The molecule has 8 aromatic carbocycles. The molecule has 0 saturated carbocycles. The van der Waals surface area contributed by atoms with E-state index in [9.17, 15) is 20.4 Å². The predicted octanol–water partition coefficient (Wildman–Crippen LogP) is 6.67. The number of halogens is 8. The molecule has 14 nitrogen and oxygen atoms in total. The van der Waals surface area contributed by atoms with Gasteiger partial charge in [0.2, 0.25) is 0 Å². The number of aromatic hydroxyl groups is 4. The Hall–Kier alpha value is -5.60. The van der Waals surface area contributed by atoms with Gasteiger partial charge in [0.05, 0.1) is 56.2 Å². The number of hydrogen-bond acceptors (Lipinski definition) is 12. The maximum absolute atomic E-state index is 11.3. The van der Waals surface area contributed by atoms with E-state index in [1.165, 1.54) is 0 Å². The molecule has 2 aliphatic heterocycles. The van der Waals surface area contributed by atoms with Crippen LogP contribution in [-0.4, -0.2) is 66.9 Å². The van der Waals surface area contributed by atoms with E-state index in [0.29, 0.717) is 48.4 Å². The largest absolute Gasteiger partial charge is 2.00 e. The van der Waals surface area contributed by atoms with Crippen molar-refractivity contribution in [2.45, 2.75) is 131 Å². The van der Waals surface area contributed by atoms with Crippen molar-refractivity contribution in [2.24, 2.45) is 20.0 Å². The normalized spacial score (nSPS) is 12.1. The second kappa shape index (κ2) is 42.6. The van der Waals surface area contributed by atoms with Crippen LogP contribution < -0.4 is 70.9 Å². The van der Waals surface area contributed by atoms with Crippen LogP contribution in [0.2, 0.25) is 0 Å². The fourth-order valence-corrected chi connectivity index (χ4v) is 9.80. The number of phenolic OH excluding ortho intramolecular Hbond substituents is 4. The van der Waals surface area contributed by atoms with E-state index >= 15 is 0 Å². The van der Waals surface area contributed by atoms with Crippen molar-refractivity contribution in [1.29, 1.82) is 0 Å². The summed E-state index contributed by atoms with van der Waals surface area (Å²) >= 11 is 19.1. The number of nitrogens with zero attached hydrogens (tertiary/aromatic N) is 4. The molecule has 12 N–H and O–H groups in total. The summed E-state index contributed by atoms with van der Waals surface area (Å²) in [7, 11) is 0. The molecule has 0 spiro atoms. The van der Waals surface area contributed by atoms with Gasteiger partial charge in [-0.05, 0) is 141 Å². The van der Waals surface area contributed by atoms with Crippen LogP contribution in [0.5, 0.6) is 23.0 Å². The van der Waals surface area contributed by atoms with Gasteiger partial charge in [0.15, 0.2) is 0 Å². The second-order valence-electron chi connectivity index (χ2n) is 26.0. The van der Waals surface area contributed by atoms with Crippen LogP contribution in [0.15, 0.2) is 166 Å². The summed E-state index contributed by atoms with van der Waals surface area (Å²) < 4.78 is 0. The van der Waals surface area contributed by atoms with E-state index in [2.05, 4.69) is 129 Å². The van der Waals surface area contributed by atoms with Crippen molar-refractivity contribution in [3.63, 3.8) is 0 Å². The molecule has 8 bridgehead atoms. The Morgan fingerprint density at radius 2 is 0.480 bits per heavy atom. The second-order valence-corrected chi connectivity index (χ2v) is 27.6. The van der Waals surface area contributed by atoms with Gasteiger partial charge in [-0.2, -0.15) is 0 Å². The number of benzene rings is 8. The van der Waals surface area contributed by atoms with Crippen molar-refractivity contribution in [1.82, 2.24) is 0 Å². The number of anilines is 4. The molecule has 10 rings (SSSR count). The smallest absolute Gasteiger partial charge is 1.00 e. The van der Waals surface area contributed by atoms with Crippen LogP contribution in [0.3, 0.4) is 0 Å². The van der Waals surface area contributed by atoms with Crippen molar-refractivity contribution >= 4 is 117 Å². The van der Waals surface area contributed by atoms with Crippen LogP contribution in [0.4, 0.5) is 45.5 Å². The van der Waals surface area contributed by atoms with E-state index in [1.807, 2.05) is 121 Å². The molecule has 0 amide bonds. The van der Waals surface area contributed by atoms with Crippen LogP contribution in [0.25, 0.3) is 0 Å². The molecule has 0 atom stereocenters. The predicted molar refractivity (Wildman–Crippen MR) is 392 cm³/mol. The molecule has 0 unspecified atom stereocenters. The van der Waals surface area contributed by atoms with E-state index < -0.39 is 0 Å². The topological polar surface area (TPSA) is 241 Å². The van der Waals surface area contributed by atoms with Crippen LogP contribution in [0, 0.1) is 0 Å². The molecule has 98 heavy (non-hydrogen) atoms. The number of phenols is 4. The summed E-state index contributed by atoms with van der Waals surface area (Å²) in [6.07, 6.45) is 6.91. The Kier molecular flexibility index (Phi) is 41.1. The minimum absolute atomic E-state index is 0. The van der Waals surface area contributed by atoms with E-state index in [-0.39, 0.29) is 157 Å². The molecule has 0 aromatic heterocycles. The Morgan fingerprint density at radius 1 is 0.316 bits per heavy atom. The Bertz CT molecular complexity index is 3440. The van der Waals surface area contributed by atoms with E-state index in [0.717, 1.165) is 90.0 Å². The van der Waals surface area contributed by atoms with Crippen molar-refractivity contribution < 1.29 is 122 Å². The standard InChI is InChI=1S/2C36H40N4O2.2CH2Cl2.4ClH.2H2O.2Pd/c2*1-35(2,3)27-15-23-19-37-29-11-7-9-13-31(29)39-21-25-17-28(36(4,5)6)18-26(34(25)42)22-40-32-14-10-8-12-30(32)38-20-24(16-27)33(23)41;2*2-1-3;;;;;;;;/h2*7-19,22,38-39,41-42H,20-21H2,1-6H3;2*1H2;4*1H;2*1H2;;/q;;;;;;;;;;2*+2/p-4. The van der Waals surface area contributed by atoms with Gasteiger partial charge in [0.25, 0.3) is 0 Å². The third-order valence-corrected chi connectivity index (χ3v) is 15.2. The molecule has 24 heteroatoms. The van der Waals surface area contributed by atoms with Gasteiger partial charge in [0.1, 0.15) is 23.0 Å². The Labute approximate surface area is 651 Å². The molecule has 2 heterocycles. The van der Waals surface area contributed by atoms with Gasteiger partial charge >= 0.3 is 40.8 Å². The van der Waals surface area contributed by atoms with E-state index in [1.54, 1.807) is 24.9 Å². The van der Waals surface area contributed by atoms with Gasteiger partial charge in [0, 0.05) is 95.5 Å². The van der Waals surface area contributed by atoms with Crippen LogP contribution >= 0.6 is 46.4 Å². The number of para-hydroxylation sites is 8. The first kappa shape index (κ1) is 94.5. The quantitative estimate of drug-likeness (QED) is 0.0601. The minimum atomic E-state index is -0.121. The fraction of sp³-hybridized carbons (Fsp3) is 0.297. The van der Waals surface area contributed by atoms with Gasteiger partial charge in [-0.3, -0.25) is 20.0 Å². The average Bonchev–Trinajstić information content (AvgIpc) is 0.818. The summed E-state index contributed by atoms with van der Waals surface area (Å²) in [6, 6.07) is 47.4. The van der Waals surface area contributed by atoms with Gasteiger partial charge in [-0.15, -0.1) is 46.4 Å². The SMILES string of the molecule is CC(C)(C)c1cc2c(O)c(c1)CNc1ccccc1N=Cc1cc(C(C)(C)C)cc(c1O)CNc1ccccc1N=C2.CC(C)(C)c1cc2c(O)c(c1)CNc1ccccc1N=Cc1cc(C(C)(C)C)cc(c1O)CNc1ccccc1N=C2.ClCCl.ClCCl.O.O.[Cl-].[Cl-].[Cl-].[Cl-].[Pd+2].[Pd+2]. The Balaban J connectivity index is 0. The van der Waals surface area contributed by atoms with Crippen molar-refractivity contribution in [2.75, 3.05) is 31.9 Å². The number of alkyl halides is 4. The Morgan fingerprint density at radius 3 is 0.643 bits per heavy atom. The third kappa shape index (κ3) is 26.1. The molecule has 0 radical (unpaired) electrons. The maximum atomic E-state index is 11.3. The first-order chi connectivity index (χ1) is 42.6. The van der Waals surface area contributed by atoms with Crippen LogP contribution in [-0.2, 0) is 88.7 Å². The van der Waals surface area contributed by atoms with Crippen LogP contribution in [0.1, 0.15) is 150 Å². The van der Waals surface area contributed by atoms with Crippen molar-refractivity contribution in [3.05, 3.63) is 212 Å². The first-order valence-electron chi connectivity index (χ1n) is 29.8. The summed E-state index contributed by atoms with van der Waals surface area (Å²) in [5, 5.41) is 59.6. The summed E-state index contributed by atoms with van der Waals surface area (Å²) in [5.74, 6) is 0.783. The molecule has 0 saturated heterocycles. The monoisotopic (exact) mass is 1680 g/mol. The molecule has 8 aromatic rings. The van der Waals surface area contributed by atoms with Gasteiger partial charge in [-0.25, -0.2) is 0 Å². The maximum Gasteiger partial charge on any atom is 2.00 e. The molecular formula is C74H88Cl8N8O6Pd2. The van der Waals surface area contributed by atoms with Gasteiger partial charge < -0.3 is 102 Å². The number of hydrogen-bond donors (Lipinski definition) is 8. The molecule has 0 aliphatic carbocycles. The minimum Gasteiger partial charge on any atom is -1.00 e. The molecule has 0 fully saturated rings. The summed E-state index contributed by atoms with van der Waals surface area (Å²) in [5.41, 5.74) is 15.9. The average molecular weight is 1680 g/mol. The zero-order valence-electron chi connectivity index (χ0n) is 56.6. The third-order valence-electron chi connectivity index (χ3n) is 15.2. The zero-order valence-corrected chi connectivity index (χ0v) is 65.8. The fourth-order valence-electron chi connectivity index (χ4n) is 9.80. The zero-order chi connectivity index (χ0) is 65.6. The number of aliphatic imine (C=N–C) groups is 4. The molecule has 536 valence electrons.